The first-order valence-corrected chi connectivity index (χ1v) is 18.9. The number of nitrogens with zero attached hydrogens (tertiary/aromatic N) is 4. The second kappa shape index (κ2) is 12.3. The molecule has 0 bridgehead atoms. The van der Waals surface area contributed by atoms with Crippen molar-refractivity contribution in [2.24, 2.45) is 0 Å². The summed E-state index contributed by atoms with van der Waals surface area (Å²) in [5.74, 6) is 0.681. The molecule has 54 heavy (non-hydrogen) atoms. The van der Waals surface area contributed by atoms with Crippen molar-refractivity contribution >= 4 is 64.2 Å². The molecule has 11 aromatic rings. The van der Waals surface area contributed by atoms with Gasteiger partial charge in [-0.3, -0.25) is 0 Å². The fraction of sp³-hybridized carbons (Fsp3) is 0. The Hall–Kier alpha value is -6.95. The van der Waals surface area contributed by atoms with Gasteiger partial charge in [-0.15, -0.1) is 11.3 Å². The average molecular weight is 707 g/mol. The van der Waals surface area contributed by atoms with Gasteiger partial charge >= 0.3 is 0 Å². The summed E-state index contributed by atoms with van der Waals surface area (Å²) in [4.78, 5) is 15.7. The van der Waals surface area contributed by atoms with Crippen molar-refractivity contribution in [3.05, 3.63) is 182 Å². The van der Waals surface area contributed by atoms with Crippen molar-refractivity contribution in [2.45, 2.75) is 0 Å². The van der Waals surface area contributed by atoms with Crippen LogP contribution in [0.5, 0.6) is 0 Å². The fourth-order valence-corrected chi connectivity index (χ4v) is 9.05. The molecule has 0 radical (unpaired) electrons. The smallest absolute Gasteiger partial charge is 0.160 e. The van der Waals surface area contributed by atoms with E-state index in [9.17, 15) is 0 Å². The molecule has 11 rings (SSSR count). The minimum Gasteiger partial charge on any atom is -0.309 e. The van der Waals surface area contributed by atoms with Gasteiger partial charge < -0.3 is 4.57 Å². The number of thiophene rings is 1. The van der Waals surface area contributed by atoms with E-state index in [1.165, 1.54) is 42.0 Å². The van der Waals surface area contributed by atoms with Gasteiger partial charge in [0, 0.05) is 59.6 Å². The summed E-state index contributed by atoms with van der Waals surface area (Å²) < 4.78 is 4.83. The molecule has 0 aliphatic rings. The molecule has 4 heterocycles. The highest BCUT2D eigenvalue weighted by Gasteiger charge is 2.17. The molecule has 7 aromatic carbocycles. The number of fused-ring (bicyclic) bond motifs is 8. The molecule has 0 aliphatic heterocycles. The Morgan fingerprint density at radius 3 is 1.67 bits per heavy atom. The number of hydrogen-bond donors (Lipinski definition) is 0. The lowest BCUT2D eigenvalue weighted by molar-refractivity contribution is 1.16. The summed E-state index contributed by atoms with van der Waals surface area (Å²) in [6, 6.07) is 64.1. The van der Waals surface area contributed by atoms with Gasteiger partial charge in [-0.05, 0) is 36.4 Å². The summed E-state index contributed by atoms with van der Waals surface area (Å²) in [7, 11) is 0. The second-order valence-electron chi connectivity index (χ2n) is 13.6. The van der Waals surface area contributed by atoms with E-state index in [1.54, 1.807) is 0 Å². The molecule has 4 nitrogen and oxygen atoms in total. The van der Waals surface area contributed by atoms with Gasteiger partial charge in [0.25, 0.3) is 0 Å². The van der Waals surface area contributed by atoms with Gasteiger partial charge in [0.05, 0.1) is 38.3 Å². The molecule has 0 fully saturated rings. The zero-order valence-electron chi connectivity index (χ0n) is 29.0. The van der Waals surface area contributed by atoms with Crippen LogP contribution in [0.25, 0.3) is 104 Å². The minimum atomic E-state index is 0.681. The lowest BCUT2D eigenvalue weighted by Gasteiger charge is -2.12. The number of benzene rings is 7. The van der Waals surface area contributed by atoms with E-state index >= 15 is 0 Å². The summed E-state index contributed by atoms with van der Waals surface area (Å²) in [5.41, 5.74) is 11.3. The van der Waals surface area contributed by atoms with Gasteiger partial charge in [-0.2, -0.15) is 0 Å². The Bertz CT molecular complexity index is 3160. The fourth-order valence-electron chi connectivity index (χ4n) is 7.87. The molecular weight excluding hydrogens is 677 g/mol. The summed E-state index contributed by atoms with van der Waals surface area (Å²) >= 11 is 1.82. The summed E-state index contributed by atoms with van der Waals surface area (Å²) in [5, 5.41) is 6.06. The first-order chi connectivity index (χ1) is 26.8. The van der Waals surface area contributed by atoms with Crippen LogP contribution >= 0.6 is 11.3 Å². The number of rotatable bonds is 5. The normalized spacial score (nSPS) is 11.7. The predicted octanol–water partition coefficient (Wildman–Crippen LogP) is 13.2. The quantitative estimate of drug-likeness (QED) is 0.179. The van der Waals surface area contributed by atoms with E-state index in [0.29, 0.717) is 5.82 Å². The molecule has 0 saturated heterocycles. The van der Waals surface area contributed by atoms with Crippen LogP contribution in [0.3, 0.4) is 0 Å². The van der Waals surface area contributed by atoms with Crippen LogP contribution in [0.15, 0.2) is 182 Å². The minimum absolute atomic E-state index is 0.681. The largest absolute Gasteiger partial charge is 0.309 e. The van der Waals surface area contributed by atoms with Gasteiger partial charge in [-0.1, -0.05) is 146 Å². The molecule has 5 heteroatoms. The van der Waals surface area contributed by atoms with Crippen LogP contribution in [0.1, 0.15) is 0 Å². The van der Waals surface area contributed by atoms with Gasteiger partial charge in [-0.25, -0.2) is 15.0 Å². The second-order valence-corrected chi connectivity index (χ2v) is 14.7. The molecule has 0 atom stereocenters. The van der Waals surface area contributed by atoms with Crippen molar-refractivity contribution in [2.75, 3.05) is 0 Å². The maximum Gasteiger partial charge on any atom is 0.160 e. The molecular formula is C49H30N4S. The van der Waals surface area contributed by atoms with Gasteiger partial charge in [0.1, 0.15) is 0 Å². The molecule has 252 valence electrons. The third kappa shape index (κ3) is 4.94. The zero-order chi connectivity index (χ0) is 35.6. The van der Waals surface area contributed by atoms with E-state index in [4.69, 9.17) is 15.0 Å². The number of pyridine rings is 1. The Labute approximate surface area is 315 Å². The number of hydrogen-bond acceptors (Lipinski definition) is 4. The van der Waals surface area contributed by atoms with Crippen molar-refractivity contribution in [3.63, 3.8) is 0 Å². The lowest BCUT2D eigenvalue weighted by atomic mass is 10.0. The van der Waals surface area contributed by atoms with E-state index in [-0.39, 0.29) is 0 Å². The highest BCUT2D eigenvalue weighted by Crippen LogP contribution is 2.41. The molecule has 0 saturated carbocycles. The zero-order valence-corrected chi connectivity index (χ0v) is 29.8. The molecule has 0 N–H and O–H groups in total. The van der Waals surface area contributed by atoms with Crippen LogP contribution in [-0.4, -0.2) is 19.5 Å². The Kier molecular flexibility index (Phi) is 7.00. The topological polar surface area (TPSA) is 43.6 Å². The monoisotopic (exact) mass is 706 g/mol. The van der Waals surface area contributed by atoms with E-state index in [2.05, 4.69) is 180 Å². The van der Waals surface area contributed by atoms with Crippen LogP contribution in [-0.2, 0) is 0 Å². The predicted molar refractivity (Wildman–Crippen MR) is 226 cm³/mol. The van der Waals surface area contributed by atoms with Crippen molar-refractivity contribution < 1.29 is 0 Å². The van der Waals surface area contributed by atoms with Crippen LogP contribution < -0.4 is 0 Å². The number of para-hydroxylation sites is 2. The molecule has 0 aliphatic carbocycles. The van der Waals surface area contributed by atoms with Crippen LogP contribution in [0.2, 0.25) is 0 Å². The molecule has 4 aromatic heterocycles. The SMILES string of the molecule is c1ccc(-c2cc(-c3ccc(-c4nc5c6ccccc6sc5c5ccccc45)cc3)nc(-c3cccc(-n4c5ccccc5c5ccccc54)c3)n2)cc1. The molecule has 0 spiro atoms. The third-order valence-corrected chi connectivity index (χ3v) is 11.6. The van der Waals surface area contributed by atoms with E-state index < -0.39 is 0 Å². The summed E-state index contributed by atoms with van der Waals surface area (Å²) in [6.07, 6.45) is 0. The Morgan fingerprint density at radius 2 is 0.944 bits per heavy atom. The van der Waals surface area contributed by atoms with Gasteiger partial charge in [0.15, 0.2) is 5.82 Å². The third-order valence-electron chi connectivity index (χ3n) is 10.4. The van der Waals surface area contributed by atoms with Crippen molar-refractivity contribution in [1.82, 2.24) is 19.5 Å². The summed E-state index contributed by atoms with van der Waals surface area (Å²) in [6.45, 7) is 0. The van der Waals surface area contributed by atoms with Crippen molar-refractivity contribution in [1.29, 1.82) is 0 Å². The molecule has 0 amide bonds. The lowest BCUT2D eigenvalue weighted by Crippen LogP contribution is -1.98. The Morgan fingerprint density at radius 1 is 0.389 bits per heavy atom. The van der Waals surface area contributed by atoms with Crippen LogP contribution in [0.4, 0.5) is 0 Å². The van der Waals surface area contributed by atoms with E-state index in [1.807, 2.05) is 17.4 Å². The number of aromatic nitrogens is 4. The highest BCUT2D eigenvalue weighted by atomic mass is 32.1. The first-order valence-electron chi connectivity index (χ1n) is 18.1. The van der Waals surface area contributed by atoms with E-state index in [0.717, 1.165) is 55.9 Å². The maximum atomic E-state index is 5.32. The average Bonchev–Trinajstić information content (AvgIpc) is 3.80. The standard InChI is InChI=1S/C49H30N4S/c1-2-13-31(14-3-1)41-30-42(51-49(50-41)34-15-12-16-35(29-34)53-43-22-9-6-17-36(43)37-18-7-10-23-44(37)53)32-25-27-33(28-26-32)46-38-19-4-5-20-39(38)48-47(52-46)40-21-8-11-24-45(40)54-48/h1-30H. The maximum absolute atomic E-state index is 5.32. The Balaban J connectivity index is 1.05. The molecule has 0 unspecified atom stereocenters. The van der Waals surface area contributed by atoms with Crippen LogP contribution in [0, 0.1) is 0 Å². The first kappa shape index (κ1) is 30.7. The van der Waals surface area contributed by atoms with Gasteiger partial charge in [0.2, 0.25) is 0 Å². The van der Waals surface area contributed by atoms with Crippen molar-refractivity contribution in [3.8, 4) is 50.8 Å². The highest BCUT2D eigenvalue weighted by molar-refractivity contribution is 7.26.